The van der Waals surface area contributed by atoms with Gasteiger partial charge in [-0.15, -0.1) is 11.3 Å². The molecule has 1 aromatic carbocycles. The van der Waals surface area contributed by atoms with Crippen molar-refractivity contribution in [3.8, 4) is 5.75 Å². The van der Waals surface area contributed by atoms with E-state index in [1.54, 1.807) is 24.1 Å². The Morgan fingerprint density at radius 1 is 1.22 bits per heavy atom. The number of nitrogens with zero attached hydrogens (tertiary/aromatic N) is 1. The summed E-state index contributed by atoms with van der Waals surface area (Å²) < 4.78 is 5.08. The Bertz CT molecular complexity index is 686. The van der Waals surface area contributed by atoms with Gasteiger partial charge in [-0.3, -0.25) is 4.79 Å². The molecular weight excluding hydrogens is 314 g/mol. The maximum Gasteiger partial charge on any atom is 0.341 e. The molecule has 0 saturated carbocycles. The lowest BCUT2D eigenvalue weighted by Crippen LogP contribution is -2.25. The van der Waals surface area contributed by atoms with Crippen LogP contribution in [0.1, 0.15) is 25.7 Å². The zero-order chi connectivity index (χ0) is 17.0. The van der Waals surface area contributed by atoms with Gasteiger partial charge < -0.3 is 14.7 Å². The Morgan fingerprint density at radius 2 is 1.87 bits per heavy atom. The van der Waals surface area contributed by atoms with E-state index in [0.717, 1.165) is 20.9 Å². The molecule has 5 nitrogen and oxygen atoms in total. The second-order valence-electron chi connectivity index (χ2n) is 5.34. The average molecular weight is 333 g/mol. The summed E-state index contributed by atoms with van der Waals surface area (Å²) in [4.78, 5) is 26.4. The van der Waals surface area contributed by atoms with Gasteiger partial charge in [-0.1, -0.05) is 12.1 Å². The van der Waals surface area contributed by atoms with Gasteiger partial charge in [0.15, 0.2) is 6.61 Å². The van der Waals surface area contributed by atoms with Gasteiger partial charge in [-0.25, -0.2) is 4.79 Å². The van der Waals surface area contributed by atoms with Crippen molar-refractivity contribution in [2.24, 2.45) is 0 Å². The molecule has 0 aliphatic heterocycles. The highest BCUT2D eigenvalue weighted by molar-refractivity contribution is 7.14. The summed E-state index contributed by atoms with van der Waals surface area (Å²) in [5.74, 6) is -0.520. The monoisotopic (exact) mass is 333 g/mol. The summed E-state index contributed by atoms with van der Waals surface area (Å²) >= 11 is 1.51. The highest BCUT2D eigenvalue weighted by Crippen LogP contribution is 2.22. The SMILES string of the molecule is Cc1cc(C(=O)N(C)Cc2ccc(OCC(=O)O)cc2)sc1C. The van der Waals surface area contributed by atoms with Crippen molar-refractivity contribution in [3.05, 3.63) is 51.2 Å². The van der Waals surface area contributed by atoms with Gasteiger partial charge in [0.2, 0.25) is 0 Å². The fourth-order valence-corrected chi connectivity index (χ4v) is 3.08. The molecule has 2 aromatic rings. The molecule has 1 N–H and O–H groups in total. The van der Waals surface area contributed by atoms with Gasteiger partial charge in [-0.05, 0) is 43.2 Å². The molecule has 1 aromatic heterocycles. The summed E-state index contributed by atoms with van der Waals surface area (Å²) in [6.45, 7) is 4.12. The summed E-state index contributed by atoms with van der Waals surface area (Å²) in [6, 6.07) is 8.98. The number of thiophene rings is 1. The first-order chi connectivity index (χ1) is 10.9. The minimum atomic E-state index is -1.01. The van der Waals surface area contributed by atoms with Crippen molar-refractivity contribution in [2.45, 2.75) is 20.4 Å². The smallest absolute Gasteiger partial charge is 0.341 e. The first-order valence-corrected chi connectivity index (χ1v) is 7.94. The van der Waals surface area contributed by atoms with Crippen LogP contribution < -0.4 is 4.74 Å². The number of ether oxygens (including phenoxy) is 1. The number of rotatable bonds is 6. The van der Waals surface area contributed by atoms with E-state index in [1.807, 2.05) is 32.0 Å². The molecule has 0 spiro atoms. The van der Waals surface area contributed by atoms with Crippen molar-refractivity contribution in [3.63, 3.8) is 0 Å². The average Bonchev–Trinajstić information content (AvgIpc) is 2.85. The zero-order valence-corrected chi connectivity index (χ0v) is 14.1. The topological polar surface area (TPSA) is 66.8 Å². The molecule has 0 unspecified atom stereocenters. The fourth-order valence-electron chi connectivity index (χ4n) is 2.05. The normalized spacial score (nSPS) is 10.4. The number of carboxylic acids is 1. The van der Waals surface area contributed by atoms with E-state index in [0.29, 0.717) is 12.3 Å². The van der Waals surface area contributed by atoms with E-state index >= 15 is 0 Å². The van der Waals surface area contributed by atoms with Gasteiger partial charge in [0, 0.05) is 18.5 Å². The van der Waals surface area contributed by atoms with Gasteiger partial charge in [0.25, 0.3) is 5.91 Å². The predicted molar refractivity (Wildman–Crippen MR) is 89.2 cm³/mol. The summed E-state index contributed by atoms with van der Waals surface area (Å²) in [6.07, 6.45) is 0. The van der Waals surface area contributed by atoms with Crippen LogP contribution in [0.4, 0.5) is 0 Å². The largest absolute Gasteiger partial charge is 0.482 e. The highest BCUT2D eigenvalue weighted by atomic mass is 32.1. The van der Waals surface area contributed by atoms with Crippen molar-refractivity contribution in [1.82, 2.24) is 4.90 Å². The number of benzene rings is 1. The first kappa shape index (κ1) is 17.0. The standard InChI is InChI=1S/C17H19NO4S/c1-11-8-15(23-12(11)2)17(21)18(3)9-13-4-6-14(7-5-13)22-10-16(19)20/h4-8H,9-10H2,1-3H3,(H,19,20). The lowest BCUT2D eigenvalue weighted by Gasteiger charge is -2.16. The number of carbonyl (C=O) groups excluding carboxylic acids is 1. The molecule has 1 heterocycles. The van der Waals surface area contributed by atoms with Gasteiger partial charge in [-0.2, -0.15) is 0 Å². The van der Waals surface area contributed by atoms with Crippen LogP contribution in [0, 0.1) is 13.8 Å². The number of aryl methyl sites for hydroxylation is 2. The van der Waals surface area contributed by atoms with E-state index in [2.05, 4.69) is 0 Å². The number of hydrogen-bond acceptors (Lipinski definition) is 4. The lowest BCUT2D eigenvalue weighted by molar-refractivity contribution is -0.139. The Morgan fingerprint density at radius 3 is 2.39 bits per heavy atom. The van der Waals surface area contributed by atoms with E-state index in [4.69, 9.17) is 9.84 Å². The highest BCUT2D eigenvalue weighted by Gasteiger charge is 2.15. The Balaban J connectivity index is 1.98. The van der Waals surface area contributed by atoms with Crippen LogP contribution in [-0.2, 0) is 11.3 Å². The van der Waals surface area contributed by atoms with Crippen LogP contribution >= 0.6 is 11.3 Å². The van der Waals surface area contributed by atoms with E-state index in [1.165, 1.54) is 11.3 Å². The van der Waals surface area contributed by atoms with Crippen LogP contribution in [0.15, 0.2) is 30.3 Å². The minimum Gasteiger partial charge on any atom is -0.482 e. The molecule has 122 valence electrons. The van der Waals surface area contributed by atoms with Crippen LogP contribution in [0.25, 0.3) is 0 Å². The Labute approximate surface area is 139 Å². The molecule has 0 aliphatic carbocycles. The molecule has 23 heavy (non-hydrogen) atoms. The predicted octanol–water partition coefficient (Wildman–Crippen LogP) is 3.10. The van der Waals surface area contributed by atoms with Gasteiger partial charge >= 0.3 is 5.97 Å². The number of carbonyl (C=O) groups is 2. The van der Waals surface area contributed by atoms with Crippen LogP contribution in [-0.4, -0.2) is 35.5 Å². The lowest BCUT2D eigenvalue weighted by atomic mass is 10.2. The maximum absolute atomic E-state index is 12.4. The van der Waals surface area contributed by atoms with Gasteiger partial charge in [0.05, 0.1) is 4.88 Å². The number of amides is 1. The molecule has 6 heteroatoms. The number of carboxylic acid groups (broad SMARTS) is 1. The third-order valence-electron chi connectivity index (χ3n) is 3.43. The molecule has 0 fully saturated rings. The Hall–Kier alpha value is -2.34. The van der Waals surface area contributed by atoms with Crippen molar-refractivity contribution in [1.29, 1.82) is 0 Å². The quantitative estimate of drug-likeness (QED) is 0.882. The van der Waals surface area contributed by atoms with E-state index < -0.39 is 5.97 Å². The van der Waals surface area contributed by atoms with Gasteiger partial charge in [0.1, 0.15) is 5.75 Å². The van der Waals surface area contributed by atoms with Crippen LogP contribution in [0.5, 0.6) is 5.75 Å². The first-order valence-electron chi connectivity index (χ1n) is 7.13. The van der Waals surface area contributed by atoms with E-state index in [-0.39, 0.29) is 12.5 Å². The molecule has 0 bridgehead atoms. The molecule has 0 radical (unpaired) electrons. The van der Waals surface area contributed by atoms with Crippen molar-refractivity contribution in [2.75, 3.05) is 13.7 Å². The molecule has 0 saturated heterocycles. The number of hydrogen-bond donors (Lipinski definition) is 1. The Kier molecular flexibility index (Phi) is 5.39. The third-order valence-corrected chi connectivity index (χ3v) is 4.57. The molecular formula is C17H19NO4S. The van der Waals surface area contributed by atoms with Crippen LogP contribution in [0.3, 0.4) is 0 Å². The molecule has 0 aliphatic rings. The summed E-state index contributed by atoms with van der Waals surface area (Å²) in [7, 11) is 1.77. The minimum absolute atomic E-state index is 0.00240. The summed E-state index contributed by atoms with van der Waals surface area (Å²) in [5.41, 5.74) is 2.08. The summed E-state index contributed by atoms with van der Waals surface area (Å²) in [5, 5.41) is 8.57. The van der Waals surface area contributed by atoms with Crippen molar-refractivity contribution < 1.29 is 19.4 Å². The fraction of sp³-hybridized carbons (Fsp3) is 0.294. The second kappa shape index (κ2) is 7.28. The maximum atomic E-state index is 12.4. The van der Waals surface area contributed by atoms with E-state index in [9.17, 15) is 9.59 Å². The molecule has 1 amide bonds. The molecule has 0 atom stereocenters. The van der Waals surface area contributed by atoms with Crippen LogP contribution in [0.2, 0.25) is 0 Å². The van der Waals surface area contributed by atoms with Crippen molar-refractivity contribution >= 4 is 23.2 Å². The second-order valence-corrected chi connectivity index (χ2v) is 6.59. The zero-order valence-electron chi connectivity index (χ0n) is 13.3. The number of aliphatic carboxylic acids is 1. The third kappa shape index (κ3) is 4.56. The molecule has 2 rings (SSSR count).